The summed E-state index contributed by atoms with van der Waals surface area (Å²) in [6.07, 6.45) is -2.54. The van der Waals surface area contributed by atoms with Crippen molar-refractivity contribution in [2.75, 3.05) is 24.7 Å². The number of aliphatic hydroxyl groups is 2. The molecule has 190 valence electrons. The van der Waals surface area contributed by atoms with Gasteiger partial charge in [0.25, 0.3) is 5.56 Å². The van der Waals surface area contributed by atoms with Gasteiger partial charge in [0.15, 0.2) is 17.4 Å². The third kappa shape index (κ3) is 5.30. The van der Waals surface area contributed by atoms with E-state index >= 15 is 0 Å². The first kappa shape index (κ1) is 26.6. The van der Waals surface area contributed by atoms with Gasteiger partial charge in [-0.2, -0.15) is 4.98 Å². The molecule has 0 spiro atoms. The SMILES string of the molecule is CCOC(=O)[C@@H](C)NP(=O)(OC[C@H]1O[C@@H](n2cnc3c(=O)[nH]c(N)nc32)[C@](C)(O)[C@@H]1O)SCC. The molecule has 6 atom stereocenters. The fraction of sp³-hybridized carbons (Fsp3) is 0.667. The van der Waals surface area contributed by atoms with E-state index in [1.807, 2.05) is 0 Å². The van der Waals surface area contributed by atoms with Crippen molar-refractivity contribution in [3.8, 4) is 0 Å². The van der Waals surface area contributed by atoms with E-state index in [2.05, 4.69) is 20.0 Å². The van der Waals surface area contributed by atoms with Crippen LogP contribution >= 0.6 is 18.1 Å². The Hall–Kier alpha value is -2.00. The van der Waals surface area contributed by atoms with Gasteiger partial charge in [0, 0.05) is 5.75 Å². The van der Waals surface area contributed by atoms with E-state index < -0.39 is 48.3 Å². The van der Waals surface area contributed by atoms with E-state index in [0.717, 1.165) is 11.4 Å². The van der Waals surface area contributed by atoms with Gasteiger partial charge >= 0.3 is 12.7 Å². The number of aliphatic hydroxyl groups excluding tert-OH is 1. The largest absolute Gasteiger partial charge is 0.465 e. The third-order valence-electron chi connectivity index (χ3n) is 5.16. The lowest BCUT2D eigenvalue weighted by Crippen LogP contribution is -2.44. The van der Waals surface area contributed by atoms with Crippen molar-refractivity contribution < 1.29 is 33.6 Å². The minimum Gasteiger partial charge on any atom is -0.465 e. The Morgan fingerprint density at radius 3 is 2.88 bits per heavy atom. The second kappa shape index (κ2) is 10.3. The lowest BCUT2D eigenvalue weighted by molar-refractivity contribution is -0.144. The number of carbonyl (C=O) groups excluding carboxylic acids is 1. The summed E-state index contributed by atoms with van der Waals surface area (Å²) in [6.45, 7) is 2.46. The van der Waals surface area contributed by atoms with Crippen molar-refractivity contribution in [1.29, 1.82) is 0 Å². The molecule has 2 aromatic rings. The molecule has 1 saturated heterocycles. The number of nitrogens with zero attached hydrogens (tertiary/aromatic N) is 3. The highest BCUT2D eigenvalue weighted by Gasteiger charge is 2.54. The molecule has 0 bridgehead atoms. The van der Waals surface area contributed by atoms with E-state index in [-0.39, 0.29) is 30.3 Å². The van der Waals surface area contributed by atoms with Gasteiger partial charge < -0.3 is 29.9 Å². The van der Waals surface area contributed by atoms with Gasteiger partial charge in [-0.3, -0.25) is 23.7 Å². The minimum atomic E-state index is -3.61. The number of imidazole rings is 1. The number of aromatic amines is 1. The molecule has 0 radical (unpaired) electrons. The fourth-order valence-electron chi connectivity index (χ4n) is 3.50. The lowest BCUT2D eigenvalue weighted by Gasteiger charge is -2.27. The molecule has 1 fully saturated rings. The van der Waals surface area contributed by atoms with Crippen LogP contribution in [0.2, 0.25) is 0 Å². The average molecular weight is 521 g/mol. The molecule has 1 aliphatic rings. The first-order valence-electron chi connectivity index (χ1n) is 10.5. The lowest BCUT2D eigenvalue weighted by atomic mass is 9.96. The maximum absolute atomic E-state index is 13.3. The van der Waals surface area contributed by atoms with Crippen molar-refractivity contribution in [3.63, 3.8) is 0 Å². The van der Waals surface area contributed by atoms with Crippen molar-refractivity contribution in [3.05, 3.63) is 16.7 Å². The van der Waals surface area contributed by atoms with E-state index in [0.29, 0.717) is 5.75 Å². The zero-order valence-electron chi connectivity index (χ0n) is 19.1. The van der Waals surface area contributed by atoms with Crippen LogP contribution in [0.4, 0.5) is 5.95 Å². The summed E-state index contributed by atoms with van der Waals surface area (Å²) in [5.41, 5.74) is 3.23. The summed E-state index contributed by atoms with van der Waals surface area (Å²) in [6, 6.07) is -0.901. The standard InChI is InChI=1S/C18H29N6O8PS/c1-5-30-15(27)9(3)23-33(29,34-6-2)31-7-10-12(25)18(4,28)16(32-10)24-8-20-11-13(24)21-17(19)22-14(11)26/h8-10,12,16,25,28H,5-7H2,1-4H3,(H,23,29)(H3,19,21,22,26)/t9-,10-,12-,16-,18-,33?/m1/s1. The molecule has 14 nitrogen and oxygen atoms in total. The number of nitrogens with one attached hydrogen (secondary N) is 2. The smallest absolute Gasteiger partial charge is 0.327 e. The molecule has 34 heavy (non-hydrogen) atoms. The van der Waals surface area contributed by atoms with Crippen molar-refractivity contribution >= 4 is 41.2 Å². The number of carbonyl (C=O) groups is 1. The molecule has 3 heterocycles. The van der Waals surface area contributed by atoms with Crippen LogP contribution in [0, 0.1) is 0 Å². The number of rotatable bonds is 10. The second-order valence-corrected chi connectivity index (χ2v) is 12.4. The monoisotopic (exact) mass is 520 g/mol. The molecule has 0 saturated carbocycles. The van der Waals surface area contributed by atoms with Crippen LogP contribution in [0.5, 0.6) is 0 Å². The molecular formula is C18H29N6O8PS. The first-order valence-corrected chi connectivity index (χ1v) is 13.8. The van der Waals surface area contributed by atoms with Crippen LogP contribution in [0.1, 0.15) is 33.9 Å². The number of H-pyrrole nitrogens is 1. The summed E-state index contributed by atoms with van der Waals surface area (Å²) in [7, 11) is 0. The van der Waals surface area contributed by atoms with Crippen molar-refractivity contribution in [2.24, 2.45) is 0 Å². The third-order valence-corrected chi connectivity index (χ3v) is 9.38. The molecule has 6 N–H and O–H groups in total. The van der Waals surface area contributed by atoms with Crippen LogP contribution in [-0.2, 0) is 23.4 Å². The molecule has 16 heteroatoms. The number of hydrogen-bond donors (Lipinski definition) is 5. The number of fused-ring (bicyclic) bond motifs is 1. The predicted octanol–water partition coefficient (Wildman–Crippen LogP) is 0.130. The maximum atomic E-state index is 13.3. The van der Waals surface area contributed by atoms with Crippen molar-refractivity contribution in [2.45, 2.75) is 57.8 Å². The highest BCUT2D eigenvalue weighted by Crippen LogP contribution is 2.56. The van der Waals surface area contributed by atoms with E-state index in [1.54, 1.807) is 13.8 Å². The Morgan fingerprint density at radius 1 is 1.53 bits per heavy atom. The number of nitrogens with two attached hydrogens (primary N) is 1. The summed E-state index contributed by atoms with van der Waals surface area (Å²) in [5, 5.41) is 24.4. The Balaban J connectivity index is 1.79. The van der Waals surface area contributed by atoms with Crippen LogP contribution < -0.4 is 16.4 Å². The Labute approximate surface area is 198 Å². The Kier molecular flexibility index (Phi) is 8.07. The predicted molar refractivity (Wildman–Crippen MR) is 124 cm³/mol. The molecular weight excluding hydrogens is 491 g/mol. The number of hydrogen-bond acceptors (Lipinski definition) is 12. The Bertz CT molecular complexity index is 1140. The quantitative estimate of drug-likeness (QED) is 0.209. The van der Waals surface area contributed by atoms with Crippen molar-refractivity contribution in [1.82, 2.24) is 24.6 Å². The number of ether oxygens (including phenoxy) is 2. The molecule has 3 rings (SSSR count). The van der Waals surface area contributed by atoms with Gasteiger partial charge in [0.05, 0.1) is 19.5 Å². The number of aromatic nitrogens is 4. The minimum absolute atomic E-state index is 0.0243. The summed E-state index contributed by atoms with van der Waals surface area (Å²) < 4.78 is 30.9. The first-order chi connectivity index (χ1) is 15.9. The normalized spacial score (nSPS) is 27.5. The van der Waals surface area contributed by atoms with Crippen LogP contribution in [0.15, 0.2) is 11.1 Å². The van der Waals surface area contributed by atoms with Gasteiger partial charge in [0.2, 0.25) is 5.95 Å². The number of anilines is 1. The average Bonchev–Trinajstić information content (AvgIpc) is 3.26. The number of nitrogen functional groups attached to an aromatic ring is 1. The van der Waals surface area contributed by atoms with Gasteiger partial charge in [0.1, 0.15) is 23.9 Å². The topological polar surface area (TPSA) is 204 Å². The molecule has 0 aliphatic carbocycles. The fourth-order valence-corrected chi connectivity index (χ4v) is 7.11. The number of esters is 1. The van der Waals surface area contributed by atoms with E-state index in [1.165, 1.54) is 24.7 Å². The molecule has 0 aromatic carbocycles. The molecule has 2 aromatic heterocycles. The summed E-state index contributed by atoms with van der Waals surface area (Å²) in [4.78, 5) is 34.4. The maximum Gasteiger partial charge on any atom is 0.327 e. The van der Waals surface area contributed by atoms with Crippen LogP contribution in [0.25, 0.3) is 11.2 Å². The molecule has 1 unspecified atom stereocenters. The van der Waals surface area contributed by atoms with Gasteiger partial charge in [-0.15, -0.1) is 0 Å². The van der Waals surface area contributed by atoms with E-state index in [4.69, 9.17) is 19.7 Å². The van der Waals surface area contributed by atoms with Gasteiger partial charge in [-0.25, -0.2) is 10.1 Å². The second-order valence-electron chi connectivity index (χ2n) is 7.79. The molecule has 0 amide bonds. The highest BCUT2D eigenvalue weighted by atomic mass is 32.7. The summed E-state index contributed by atoms with van der Waals surface area (Å²) in [5.74, 6) is -0.328. The zero-order chi connectivity index (χ0) is 25.3. The highest BCUT2D eigenvalue weighted by molar-refractivity contribution is 8.56. The van der Waals surface area contributed by atoms with Crippen LogP contribution in [-0.4, -0.2) is 78.5 Å². The van der Waals surface area contributed by atoms with Crippen LogP contribution in [0.3, 0.4) is 0 Å². The summed E-state index contributed by atoms with van der Waals surface area (Å²) >= 11 is 0.968. The molecule has 1 aliphatic heterocycles. The van der Waals surface area contributed by atoms with Gasteiger partial charge in [-0.05, 0) is 20.8 Å². The van der Waals surface area contributed by atoms with Gasteiger partial charge in [-0.1, -0.05) is 18.3 Å². The Morgan fingerprint density at radius 2 is 2.24 bits per heavy atom. The zero-order valence-corrected chi connectivity index (χ0v) is 20.8. The van der Waals surface area contributed by atoms with E-state index in [9.17, 15) is 24.4 Å².